The van der Waals surface area contributed by atoms with Crippen molar-refractivity contribution in [1.29, 1.82) is 0 Å². The van der Waals surface area contributed by atoms with E-state index in [1.54, 1.807) is 44.4 Å². The van der Waals surface area contributed by atoms with Gasteiger partial charge in [-0.3, -0.25) is 4.79 Å². The van der Waals surface area contributed by atoms with Crippen molar-refractivity contribution < 1.29 is 24.2 Å². The van der Waals surface area contributed by atoms with Gasteiger partial charge in [0, 0.05) is 0 Å². The first-order valence-electron chi connectivity index (χ1n) is 8.22. The second-order valence-corrected chi connectivity index (χ2v) is 6.35. The molecule has 144 valence electrons. The molecule has 1 amide bonds. The Morgan fingerprint density at radius 3 is 2.50 bits per heavy atom. The van der Waals surface area contributed by atoms with Crippen LogP contribution in [-0.4, -0.2) is 36.9 Å². The highest BCUT2D eigenvalue weighted by molar-refractivity contribution is 6.34. The van der Waals surface area contributed by atoms with Crippen LogP contribution in [0.1, 0.15) is 22.8 Å². The van der Waals surface area contributed by atoms with E-state index in [0.717, 1.165) is 10.6 Å². The Hall–Kier alpha value is -3.32. The number of aromatic carboxylic acids is 1. The summed E-state index contributed by atoms with van der Waals surface area (Å²) in [5.41, 5.74) is 1.85. The lowest BCUT2D eigenvalue weighted by atomic mass is 10.1. The number of hydrogen-bond acceptors (Lipinski definition) is 5. The molecule has 0 saturated heterocycles. The fraction of sp³-hybridized carbons (Fsp3) is 0.150. The van der Waals surface area contributed by atoms with Gasteiger partial charge >= 0.3 is 5.97 Å². The fourth-order valence-corrected chi connectivity index (χ4v) is 2.98. The van der Waals surface area contributed by atoms with Gasteiger partial charge in [0.2, 0.25) is 0 Å². The number of methoxy groups -OCH3 is 2. The molecule has 28 heavy (non-hydrogen) atoms. The average Bonchev–Trinajstić information content (AvgIpc) is 2.96. The number of amides is 1. The first kappa shape index (κ1) is 19.4. The van der Waals surface area contributed by atoms with Gasteiger partial charge in [-0.25, -0.2) is 4.79 Å². The van der Waals surface area contributed by atoms with Gasteiger partial charge in [0.25, 0.3) is 5.91 Å². The highest BCUT2D eigenvalue weighted by atomic mass is 35.5. The van der Waals surface area contributed by atoms with Crippen molar-refractivity contribution in [2.24, 2.45) is 5.10 Å². The van der Waals surface area contributed by atoms with E-state index in [1.807, 2.05) is 0 Å². The molecule has 7 nitrogen and oxygen atoms in total. The Bertz CT molecular complexity index is 1030. The number of nitrogens with zero attached hydrogens (tertiary/aromatic N) is 2. The SMILES string of the molecule is COc1ccc(/C=C2/C(=O)N(c3ccc(Cl)c(C(=O)O)c3)N=C2C)cc1OC. The first-order chi connectivity index (χ1) is 13.3. The van der Waals surface area contributed by atoms with E-state index < -0.39 is 5.97 Å². The molecule has 1 heterocycles. The molecular weight excluding hydrogens is 384 g/mol. The fourth-order valence-electron chi connectivity index (χ4n) is 2.78. The van der Waals surface area contributed by atoms with Gasteiger partial charge in [0.15, 0.2) is 11.5 Å². The Labute approximate surface area is 166 Å². The molecule has 0 atom stereocenters. The second-order valence-electron chi connectivity index (χ2n) is 5.94. The maximum absolute atomic E-state index is 12.9. The third-order valence-electron chi connectivity index (χ3n) is 4.21. The van der Waals surface area contributed by atoms with Crippen LogP contribution in [0.5, 0.6) is 11.5 Å². The molecule has 3 rings (SSSR count). The summed E-state index contributed by atoms with van der Waals surface area (Å²) in [4.78, 5) is 24.2. The first-order valence-corrected chi connectivity index (χ1v) is 8.60. The lowest BCUT2D eigenvalue weighted by Crippen LogP contribution is -2.21. The van der Waals surface area contributed by atoms with Crippen molar-refractivity contribution in [1.82, 2.24) is 0 Å². The zero-order valence-corrected chi connectivity index (χ0v) is 16.1. The predicted molar refractivity (Wildman–Crippen MR) is 107 cm³/mol. The highest BCUT2D eigenvalue weighted by Crippen LogP contribution is 2.31. The maximum Gasteiger partial charge on any atom is 0.337 e. The molecule has 0 aromatic heterocycles. The summed E-state index contributed by atoms with van der Waals surface area (Å²) in [5.74, 6) is -0.430. The summed E-state index contributed by atoms with van der Waals surface area (Å²) in [7, 11) is 3.08. The standard InChI is InChI=1S/C20H17ClN2O5/c1-11-14(8-12-4-7-17(27-2)18(9-12)28-3)19(24)23(22-11)13-5-6-16(21)15(10-13)20(25)26/h4-10H,1-3H3,(H,25,26)/b14-8+. The third kappa shape index (κ3) is 3.57. The maximum atomic E-state index is 12.9. The smallest absolute Gasteiger partial charge is 0.337 e. The predicted octanol–water partition coefficient (Wildman–Crippen LogP) is 3.86. The van der Waals surface area contributed by atoms with Crippen LogP contribution in [0.4, 0.5) is 5.69 Å². The van der Waals surface area contributed by atoms with Crippen molar-refractivity contribution in [2.75, 3.05) is 19.2 Å². The van der Waals surface area contributed by atoms with Crippen molar-refractivity contribution in [3.05, 3.63) is 58.1 Å². The summed E-state index contributed by atoms with van der Waals surface area (Å²) >= 11 is 5.90. The Morgan fingerprint density at radius 1 is 1.14 bits per heavy atom. The lowest BCUT2D eigenvalue weighted by molar-refractivity contribution is -0.114. The van der Waals surface area contributed by atoms with E-state index in [4.69, 9.17) is 21.1 Å². The molecule has 0 saturated carbocycles. The van der Waals surface area contributed by atoms with E-state index in [1.165, 1.54) is 19.2 Å². The van der Waals surface area contributed by atoms with Crippen molar-refractivity contribution >= 4 is 41.0 Å². The van der Waals surface area contributed by atoms with Crippen LogP contribution < -0.4 is 14.5 Å². The van der Waals surface area contributed by atoms with E-state index in [2.05, 4.69) is 5.10 Å². The summed E-state index contributed by atoms with van der Waals surface area (Å²) in [6.07, 6.45) is 1.69. The summed E-state index contributed by atoms with van der Waals surface area (Å²) < 4.78 is 10.5. The van der Waals surface area contributed by atoms with Crippen LogP contribution in [0, 0.1) is 0 Å². The highest BCUT2D eigenvalue weighted by Gasteiger charge is 2.29. The van der Waals surface area contributed by atoms with Crippen LogP contribution in [-0.2, 0) is 4.79 Å². The number of carboxylic acids is 1. The van der Waals surface area contributed by atoms with Gasteiger partial charge in [-0.2, -0.15) is 10.1 Å². The number of rotatable bonds is 5. The minimum absolute atomic E-state index is 0.0877. The molecule has 1 aliphatic rings. The summed E-state index contributed by atoms with van der Waals surface area (Å²) in [6.45, 7) is 1.71. The van der Waals surface area contributed by atoms with Gasteiger partial charge in [0.05, 0.1) is 41.8 Å². The van der Waals surface area contributed by atoms with Crippen LogP contribution >= 0.6 is 11.6 Å². The molecule has 1 aliphatic heterocycles. The number of halogens is 1. The average molecular weight is 401 g/mol. The number of ether oxygens (including phenoxy) is 2. The van der Waals surface area contributed by atoms with E-state index >= 15 is 0 Å². The summed E-state index contributed by atoms with van der Waals surface area (Å²) in [6, 6.07) is 9.57. The van der Waals surface area contributed by atoms with Gasteiger partial charge < -0.3 is 14.6 Å². The lowest BCUT2D eigenvalue weighted by Gasteiger charge is -2.13. The normalized spacial score (nSPS) is 15.0. The Kier molecular flexibility index (Phi) is 5.37. The number of benzene rings is 2. The number of carboxylic acid groups (broad SMARTS) is 1. The van der Waals surface area contributed by atoms with E-state index in [9.17, 15) is 14.7 Å². The molecule has 0 unspecified atom stereocenters. The molecular formula is C20H17ClN2O5. The number of anilines is 1. The Morgan fingerprint density at radius 2 is 1.86 bits per heavy atom. The number of hydrogen-bond donors (Lipinski definition) is 1. The number of hydrazone groups is 1. The van der Waals surface area contributed by atoms with Gasteiger partial charge in [-0.05, 0) is 48.9 Å². The molecule has 2 aromatic carbocycles. The van der Waals surface area contributed by atoms with Crippen molar-refractivity contribution in [3.8, 4) is 11.5 Å². The van der Waals surface area contributed by atoms with Crippen LogP contribution in [0.2, 0.25) is 5.02 Å². The third-order valence-corrected chi connectivity index (χ3v) is 4.54. The van der Waals surface area contributed by atoms with Gasteiger partial charge in [0.1, 0.15) is 0 Å². The van der Waals surface area contributed by atoms with Gasteiger partial charge in [-0.1, -0.05) is 17.7 Å². The van der Waals surface area contributed by atoms with Crippen LogP contribution in [0.15, 0.2) is 47.1 Å². The molecule has 0 fully saturated rings. The largest absolute Gasteiger partial charge is 0.493 e. The molecule has 0 aliphatic carbocycles. The van der Waals surface area contributed by atoms with E-state index in [-0.39, 0.29) is 16.5 Å². The Balaban J connectivity index is 1.96. The van der Waals surface area contributed by atoms with Crippen molar-refractivity contribution in [3.63, 3.8) is 0 Å². The van der Waals surface area contributed by atoms with Crippen LogP contribution in [0.3, 0.4) is 0 Å². The molecule has 0 spiro atoms. The minimum atomic E-state index is -1.18. The molecule has 2 aromatic rings. The minimum Gasteiger partial charge on any atom is -0.493 e. The molecule has 8 heteroatoms. The zero-order valence-electron chi connectivity index (χ0n) is 15.4. The summed E-state index contributed by atoms with van der Waals surface area (Å²) in [5, 5.41) is 14.7. The van der Waals surface area contributed by atoms with Crippen LogP contribution in [0.25, 0.3) is 6.08 Å². The topological polar surface area (TPSA) is 88.4 Å². The molecule has 0 bridgehead atoms. The zero-order chi connectivity index (χ0) is 20.4. The quantitative estimate of drug-likeness (QED) is 0.770. The van der Waals surface area contributed by atoms with Gasteiger partial charge in [-0.15, -0.1) is 0 Å². The van der Waals surface area contributed by atoms with E-state index in [0.29, 0.717) is 28.5 Å². The molecule has 0 radical (unpaired) electrons. The number of carbonyl (C=O) groups excluding carboxylic acids is 1. The second kappa shape index (κ2) is 7.74. The number of carbonyl (C=O) groups is 2. The molecule has 1 N–H and O–H groups in total. The monoisotopic (exact) mass is 400 g/mol. The van der Waals surface area contributed by atoms with Crippen molar-refractivity contribution in [2.45, 2.75) is 6.92 Å².